The number of amides is 1. The number of rotatable bonds is 5. The number of ether oxygens (including phenoxy) is 1. The van der Waals surface area contributed by atoms with Crippen LogP contribution in [0.15, 0.2) is 66.1 Å². The SMILES string of the molecule is N#Cc1ccc(C(=O)OCC(=O)N(c2ccccc2)[C@H]2C=CS(=O)(=O)C2)cc1. The van der Waals surface area contributed by atoms with Gasteiger partial charge in [-0.1, -0.05) is 18.2 Å². The largest absolute Gasteiger partial charge is 0.452 e. The number of hydrogen-bond acceptors (Lipinski definition) is 6. The van der Waals surface area contributed by atoms with E-state index in [1.807, 2.05) is 6.07 Å². The molecule has 1 atom stereocenters. The molecule has 142 valence electrons. The van der Waals surface area contributed by atoms with Crippen LogP contribution in [0, 0.1) is 11.3 Å². The number of carbonyl (C=O) groups is 2. The smallest absolute Gasteiger partial charge is 0.338 e. The van der Waals surface area contributed by atoms with Gasteiger partial charge in [0.15, 0.2) is 16.4 Å². The molecule has 0 fully saturated rings. The zero-order valence-corrected chi connectivity index (χ0v) is 15.5. The predicted molar refractivity (Wildman–Crippen MR) is 102 cm³/mol. The number of benzene rings is 2. The average Bonchev–Trinajstić information content (AvgIpc) is 3.06. The fourth-order valence-electron chi connectivity index (χ4n) is 2.79. The van der Waals surface area contributed by atoms with Crippen LogP contribution in [0.3, 0.4) is 0 Å². The fraction of sp³-hybridized carbons (Fsp3) is 0.150. The summed E-state index contributed by atoms with van der Waals surface area (Å²) in [5, 5.41) is 9.88. The Kier molecular flexibility index (Phi) is 5.57. The first-order valence-corrected chi connectivity index (χ1v) is 10.1. The Morgan fingerprint density at radius 2 is 1.79 bits per heavy atom. The summed E-state index contributed by atoms with van der Waals surface area (Å²) in [6, 6.07) is 15.7. The Bertz CT molecular complexity index is 1050. The quantitative estimate of drug-likeness (QED) is 0.717. The average molecular weight is 396 g/mol. The van der Waals surface area contributed by atoms with Gasteiger partial charge in [0, 0.05) is 11.1 Å². The molecule has 0 radical (unpaired) electrons. The summed E-state index contributed by atoms with van der Waals surface area (Å²) in [7, 11) is -3.37. The molecule has 1 aliphatic rings. The van der Waals surface area contributed by atoms with Crippen LogP contribution in [0.25, 0.3) is 0 Å². The van der Waals surface area contributed by atoms with Crippen LogP contribution in [0.1, 0.15) is 15.9 Å². The molecule has 0 saturated heterocycles. The highest BCUT2D eigenvalue weighted by Gasteiger charge is 2.31. The van der Waals surface area contributed by atoms with Crippen molar-refractivity contribution in [2.45, 2.75) is 6.04 Å². The molecular weight excluding hydrogens is 380 g/mol. The topological polar surface area (TPSA) is 105 Å². The van der Waals surface area contributed by atoms with Crippen LogP contribution < -0.4 is 4.90 Å². The van der Waals surface area contributed by atoms with Crippen LogP contribution in [-0.4, -0.2) is 38.7 Å². The van der Waals surface area contributed by atoms with Crippen molar-refractivity contribution in [2.75, 3.05) is 17.3 Å². The first-order chi connectivity index (χ1) is 13.4. The number of nitrogens with zero attached hydrogens (tertiary/aromatic N) is 2. The second-order valence-electron chi connectivity index (χ2n) is 6.09. The first kappa shape index (κ1) is 19.3. The maximum absolute atomic E-state index is 12.8. The van der Waals surface area contributed by atoms with E-state index in [2.05, 4.69) is 0 Å². The first-order valence-electron chi connectivity index (χ1n) is 8.35. The van der Waals surface area contributed by atoms with Crippen molar-refractivity contribution in [1.82, 2.24) is 0 Å². The second kappa shape index (κ2) is 8.06. The molecule has 0 aromatic heterocycles. The highest BCUT2D eigenvalue weighted by Crippen LogP contribution is 2.23. The summed E-state index contributed by atoms with van der Waals surface area (Å²) in [6.45, 7) is -0.544. The molecule has 1 heterocycles. The van der Waals surface area contributed by atoms with E-state index in [0.29, 0.717) is 11.3 Å². The molecule has 1 amide bonds. The maximum atomic E-state index is 12.8. The lowest BCUT2D eigenvalue weighted by Gasteiger charge is -2.27. The summed E-state index contributed by atoms with van der Waals surface area (Å²) >= 11 is 0. The summed E-state index contributed by atoms with van der Waals surface area (Å²) in [4.78, 5) is 26.2. The van der Waals surface area contributed by atoms with Gasteiger partial charge in [-0.25, -0.2) is 13.2 Å². The Hall–Kier alpha value is -3.44. The summed E-state index contributed by atoms with van der Waals surface area (Å²) < 4.78 is 28.6. The number of carbonyl (C=O) groups excluding carboxylic acids is 2. The summed E-state index contributed by atoms with van der Waals surface area (Å²) in [5.74, 6) is -1.47. The van der Waals surface area contributed by atoms with Crippen LogP contribution in [0.4, 0.5) is 5.69 Å². The van der Waals surface area contributed by atoms with Crippen LogP contribution in [0.2, 0.25) is 0 Å². The van der Waals surface area contributed by atoms with E-state index >= 15 is 0 Å². The molecule has 28 heavy (non-hydrogen) atoms. The van der Waals surface area contributed by atoms with Gasteiger partial charge in [-0.15, -0.1) is 0 Å². The van der Waals surface area contributed by atoms with Gasteiger partial charge in [-0.3, -0.25) is 4.79 Å². The maximum Gasteiger partial charge on any atom is 0.338 e. The monoisotopic (exact) mass is 396 g/mol. The van der Waals surface area contributed by atoms with E-state index in [1.165, 1.54) is 35.2 Å². The number of esters is 1. The van der Waals surface area contributed by atoms with Crippen molar-refractivity contribution in [3.05, 3.63) is 77.2 Å². The van der Waals surface area contributed by atoms with Crippen molar-refractivity contribution in [3.63, 3.8) is 0 Å². The Morgan fingerprint density at radius 3 is 2.36 bits per heavy atom. The number of anilines is 1. The molecule has 2 aromatic rings. The van der Waals surface area contributed by atoms with E-state index in [1.54, 1.807) is 30.3 Å². The third-order valence-corrected chi connectivity index (χ3v) is 5.50. The number of para-hydroxylation sites is 1. The zero-order chi connectivity index (χ0) is 20.1. The number of sulfone groups is 1. The van der Waals surface area contributed by atoms with Gasteiger partial charge in [0.1, 0.15) is 0 Å². The lowest BCUT2D eigenvalue weighted by atomic mass is 10.1. The van der Waals surface area contributed by atoms with Gasteiger partial charge in [0.2, 0.25) is 0 Å². The van der Waals surface area contributed by atoms with E-state index < -0.39 is 34.4 Å². The minimum absolute atomic E-state index is 0.210. The normalized spacial score (nSPS) is 16.9. The predicted octanol–water partition coefficient (Wildman–Crippen LogP) is 2.06. The van der Waals surface area contributed by atoms with Crippen LogP contribution in [-0.2, 0) is 19.4 Å². The molecule has 7 nitrogen and oxygen atoms in total. The number of hydrogen-bond donors (Lipinski definition) is 0. The van der Waals surface area contributed by atoms with Crippen LogP contribution in [0.5, 0.6) is 0 Å². The molecule has 8 heteroatoms. The molecule has 0 unspecified atom stereocenters. The van der Waals surface area contributed by atoms with Gasteiger partial charge in [-0.05, 0) is 42.5 Å². The summed E-state index contributed by atoms with van der Waals surface area (Å²) in [5.41, 5.74) is 1.12. The van der Waals surface area contributed by atoms with Crippen molar-refractivity contribution in [2.24, 2.45) is 0 Å². The van der Waals surface area contributed by atoms with Gasteiger partial charge in [-0.2, -0.15) is 5.26 Å². The van der Waals surface area contributed by atoms with Gasteiger partial charge in [0.05, 0.1) is 29.0 Å². The van der Waals surface area contributed by atoms with E-state index in [9.17, 15) is 18.0 Å². The van der Waals surface area contributed by atoms with Gasteiger partial charge >= 0.3 is 5.97 Å². The van der Waals surface area contributed by atoms with E-state index in [-0.39, 0.29) is 11.3 Å². The molecule has 0 bridgehead atoms. The highest BCUT2D eigenvalue weighted by atomic mass is 32.2. The van der Waals surface area contributed by atoms with Gasteiger partial charge in [0.25, 0.3) is 5.91 Å². The molecule has 0 aliphatic carbocycles. The Balaban J connectivity index is 1.73. The highest BCUT2D eigenvalue weighted by molar-refractivity contribution is 7.94. The molecule has 0 saturated carbocycles. The third-order valence-electron chi connectivity index (χ3n) is 4.12. The molecule has 0 spiro atoms. The Morgan fingerprint density at radius 1 is 1.11 bits per heavy atom. The Labute approximate surface area is 162 Å². The minimum atomic E-state index is -3.37. The standard InChI is InChI=1S/C20H16N2O5S/c21-12-15-6-8-16(9-7-15)20(24)27-13-19(23)22(17-4-2-1-3-5-17)18-10-11-28(25,26)14-18/h1-11,18H,13-14H2/t18-/m0/s1. The summed E-state index contributed by atoms with van der Waals surface area (Å²) in [6.07, 6.45) is 1.45. The lowest BCUT2D eigenvalue weighted by Crippen LogP contribution is -2.43. The molecule has 2 aromatic carbocycles. The van der Waals surface area contributed by atoms with Crippen molar-refractivity contribution < 1.29 is 22.7 Å². The zero-order valence-electron chi connectivity index (χ0n) is 14.7. The molecule has 0 N–H and O–H groups in total. The molecular formula is C20H16N2O5S. The van der Waals surface area contributed by atoms with Crippen molar-refractivity contribution in [1.29, 1.82) is 5.26 Å². The van der Waals surface area contributed by atoms with Crippen molar-refractivity contribution >= 4 is 27.4 Å². The van der Waals surface area contributed by atoms with Crippen molar-refractivity contribution in [3.8, 4) is 6.07 Å². The second-order valence-corrected chi connectivity index (χ2v) is 8.02. The molecule has 1 aliphatic heterocycles. The lowest BCUT2D eigenvalue weighted by molar-refractivity contribution is -0.121. The van der Waals surface area contributed by atoms with E-state index in [0.717, 1.165) is 5.41 Å². The minimum Gasteiger partial charge on any atom is -0.452 e. The molecule has 3 rings (SSSR count). The van der Waals surface area contributed by atoms with E-state index in [4.69, 9.17) is 10.00 Å². The van der Waals surface area contributed by atoms with Crippen LogP contribution >= 0.6 is 0 Å². The number of nitriles is 1. The third kappa shape index (κ3) is 4.45. The van der Waals surface area contributed by atoms with Gasteiger partial charge < -0.3 is 9.64 Å². The fourth-order valence-corrected chi connectivity index (χ4v) is 4.06.